The molecule has 2 nitrogen and oxygen atoms in total. The summed E-state index contributed by atoms with van der Waals surface area (Å²) in [5.74, 6) is 5.91. The van der Waals surface area contributed by atoms with E-state index in [1.165, 1.54) is 6.07 Å². The molecule has 0 aliphatic rings. The fraction of sp³-hybridized carbons (Fsp3) is 0.538. The van der Waals surface area contributed by atoms with Crippen molar-refractivity contribution in [3.05, 3.63) is 35.1 Å². The van der Waals surface area contributed by atoms with Crippen LogP contribution in [0.4, 0.5) is 4.39 Å². The third-order valence-corrected chi connectivity index (χ3v) is 3.27. The van der Waals surface area contributed by atoms with Crippen LogP contribution in [-0.2, 0) is 0 Å². The van der Waals surface area contributed by atoms with E-state index in [4.69, 9.17) is 5.84 Å². The number of aryl methyl sites for hydroxylation is 1. The van der Waals surface area contributed by atoms with Crippen molar-refractivity contribution in [2.45, 2.75) is 39.7 Å². The number of hydrogen-bond donors (Lipinski definition) is 2. The number of nitrogens with one attached hydrogen (secondary N) is 1. The highest BCUT2D eigenvalue weighted by Crippen LogP contribution is 2.28. The lowest BCUT2D eigenvalue weighted by molar-refractivity contribution is 0.344. The molecule has 0 saturated heterocycles. The monoisotopic (exact) mass is 224 g/mol. The first kappa shape index (κ1) is 13.1. The summed E-state index contributed by atoms with van der Waals surface area (Å²) in [6, 6.07) is 4.99. The zero-order valence-electron chi connectivity index (χ0n) is 10.3. The van der Waals surface area contributed by atoms with E-state index < -0.39 is 0 Å². The molecule has 1 rings (SSSR count). The number of hydrazine groups is 1. The SMILES string of the molecule is CCC(CC)C(NN)c1ccc(F)cc1C. The van der Waals surface area contributed by atoms with Crippen molar-refractivity contribution in [3.8, 4) is 0 Å². The number of nitrogens with two attached hydrogens (primary N) is 1. The van der Waals surface area contributed by atoms with E-state index in [0.717, 1.165) is 24.0 Å². The predicted octanol–water partition coefficient (Wildman–Crippen LogP) is 3.07. The molecule has 1 aromatic rings. The fourth-order valence-electron chi connectivity index (χ4n) is 2.23. The molecule has 0 aliphatic heterocycles. The lowest BCUT2D eigenvalue weighted by atomic mass is 9.87. The normalized spacial score (nSPS) is 13.1. The summed E-state index contributed by atoms with van der Waals surface area (Å²) >= 11 is 0. The lowest BCUT2D eigenvalue weighted by Gasteiger charge is -2.26. The Morgan fingerprint density at radius 1 is 1.31 bits per heavy atom. The highest BCUT2D eigenvalue weighted by molar-refractivity contribution is 5.29. The van der Waals surface area contributed by atoms with E-state index in [2.05, 4.69) is 19.3 Å². The van der Waals surface area contributed by atoms with E-state index in [0.29, 0.717) is 5.92 Å². The molecule has 0 saturated carbocycles. The summed E-state index contributed by atoms with van der Waals surface area (Å²) in [6.07, 6.45) is 2.12. The maximum Gasteiger partial charge on any atom is 0.123 e. The van der Waals surface area contributed by atoms with Crippen molar-refractivity contribution in [2.24, 2.45) is 11.8 Å². The van der Waals surface area contributed by atoms with Crippen molar-refractivity contribution in [1.29, 1.82) is 0 Å². The second kappa shape index (κ2) is 5.97. The molecule has 1 aromatic carbocycles. The second-order valence-corrected chi connectivity index (χ2v) is 4.22. The molecule has 3 heteroatoms. The summed E-state index contributed by atoms with van der Waals surface area (Å²) in [5.41, 5.74) is 4.91. The van der Waals surface area contributed by atoms with Crippen LogP contribution < -0.4 is 11.3 Å². The Labute approximate surface area is 97.0 Å². The Hall–Kier alpha value is -0.930. The molecule has 90 valence electrons. The Balaban J connectivity index is 3.03. The van der Waals surface area contributed by atoms with Gasteiger partial charge in [-0.25, -0.2) is 4.39 Å². The lowest BCUT2D eigenvalue weighted by Crippen LogP contribution is -2.33. The number of benzene rings is 1. The Morgan fingerprint density at radius 2 is 1.94 bits per heavy atom. The molecule has 0 fully saturated rings. The zero-order valence-corrected chi connectivity index (χ0v) is 10.3. The summed E-state index contributed by atoms with van der Waals surface area (Å²) in [7, 11) is 0. The van der Waals surface area contributed by atoms with Gasteiger partial charge in [0.2, 0.25) is 0 Å². The molecular formula is C13H21FN2. The first-order chi connectivity index (χ1) is 7.63. The number of halogens is 1. The largest absolute Gasteiger partial charge is 0.271 e. The minimum atomic E-state index is -0.193. The van der Waals surface area contributed by atoms with Crippen LogP contribution in [0.2, 0.25) is 0 Å². The molecule has 3 N–H and O–H groups in total. The van der Waals surface area contributed by atoms with E-state index in [1.807, 2.05) is 13.0 Å². The molecule has 1 atom stereocenters. The van der Waals surface area contributed by atoms with E-state index in [-0.39, 0.29) is 11.9 Å². The van der Waals surface area contributed by atoms with Crippen molar-refractivity contribution >= 4 is 0 Å². The van der Waals surface area contributed by atoms with Gasteiger partial charge in [-0.1, -0.05) is 32.8 Å². The highest BCUT2D eigenvalue weighted by atomic mass is 19.1. The van der Waals surface area contributed by atoms with E-state index >= 15 is 0 Å². The van der Waals surface area contributed by atoms with Gasteiger partial charge in [0.15, 0.2) is 0 Å². The van der Waals surface area contributed by atoms with Gasteiger partial charge in [0.05, 0.1) is 0 Å². The van der Waals surface area contributed by atoms with Crippen molar-refractivity contribution in [1.82, 2.24) is 5.43 Å². The molecule has 0 amide bonds. The Bertz CT molecular complexity index is 335. The average molecular weight is 224 g/mol. The van der Waals surface area contributed by atoms with Crippen LogP contribution in [0.3, 0.4) is 0 Å². The molecule has 0 heterocycles. The molecule has 0 aliphatic carbocycles. The van der Waals surface area contributed by atoms with Gasteiger partial charge in [-0.15, -0.1) is 0 Å². The average Bonchev–Trinajstić information content (AvgIpc) is 2.27. The standard InChI is InChI=1S/C13H21FN2/c1-4-10(5-2)13(16-15)12-7-6-11(14)8-9(12)3/h6-8,10,13,16H,4-5,15H2,1-3H3. The minimum Gasteiger partial charge on any atom is -0.271 e. The minimum absolute atomic E-state index is 0.107. The quantitative estimate of drug-likeness (QED) is 0.596. The van der Waals surface area contributed by atoms with Crippen LogP contribution in [0, 0.1) is 18.7 Å². The molecule has 0 spiro atoms. The summed E-state index contributed by atoms with van der Waals surface area (Å²) in [4.78, 5) is 0. The predicted molar refractivity (Wildman–Crippen MR) is 65.3 cm³/mol. The molecule has 0 radical (unpaired) electrons. The van der Waals surface area contributed by atoms with Gasteiger partial charge in [0.25, 0.3) is 0 Å². The second-order valence-electron chi connectivity index (χ2n) is 4.22. The van der Waals surface area contributed by atoms with Gasteiger partial charge in [-0.2, -0.15) is 0 Å². The van der Waals surface area contributed by atoms with Gasteiger partial charge in [-0.3, -0.25) is 11.3 Å². The number of rotatable bonds is 5. The van der Waals surface area contributed by atoms with Crippen LogP contribution in [0.5, 0.6) is 0 Å². The summed E-state index contributed by atoms with van der Waals surface area (Å²) in [5, 5.41) is 0. The molecule has 0 bridgehead atoms. The zero-order chi connectivity index (χ0) is 12.1. The third-order valence-electron chi connectivity index (χ3n) is 3.27. The summed E-state index contributed by atoms with van der Waals surface area (Å²) < 4.78 is 13.0. The smallest absolute Gasteiger partial charge is 0.123 e. The maximum atomic E-state index is 13.0. The van der Waals surface area contributed by atoms with E-state index in [9.17, 15) is 4.39 Å². The van der Waals surface area contributed by atoms with Crippen LogP contribution in [0.25, 0.3) is 0 Å². The van der Waals surface area contributed by atoms with Crippen LogP contribution in [0.1, 0.15) is 43.9 Å². The van der Waals surface area contributed by atoms with Crippen molar-refractivity contribution in [3.63, 3.8) is 0 Å². The van der Waals surface area contributed by atoms with Gasteiger partial charge in [0, 0.05) is 6.04 Å². The Kier molecular flexibility index (Phi) is 4.90. The Morgan fingerprint density at radius 3 is 2.38 bits per heavy atom. The van der Waals surface area contributed by atoms with Crippen molar-refractivity contribution in [2.75, 3.05) is 0 Å². The van der Waals surface area contributed by atoms with Gasteiger partial charge in [0.1, 0.15) is 5.82 Å². The molecule has 0 aromatic heterocycles. The molecule has 1 unspecified atom stereocenters. The topological polar surface area (TPSA) is 38.0 Å². The van der Waals surface area contributed by atoms with Gasteiger partial charge >= 0.3 is 0 Å². The van der Waals surface area contributed by atoms with Crippen LogP contribution in [0.15, 0.2) is 18.2 Å². The van der Waals surface area contributed by atoms with Gasteiger partial charge in [-0.05, 0) is 36.1 Å². The number of hydrogen-bond acceptors (Lipinski definition) is 2. The van der Waals surface area contributed by atoms with Crippen LogP contribution >= 0.6 is 0 Å². The van der Waals surface area contributed by atoms with Gasteiger partial charge < -0.3 is 0 Å². The first-order valence-electron chi connectivity index (χ1n) is 5.86. The molecule has 16 heavy (non-hydrogen) atoms. The first-order valence-corrected chi connectivity index (χ1v) is 5.86. The van der Waals surface area contributed by atoms with Crippen LogP contribution in [-0.4, -0.2) is 0 Å². The van der Waals surface area contributed by atoms with E-state index in [1.54, 1.807) is 6.07 Å². The highest BCUT2D eigenvalue weighted by Gasteiger charge is 2.20. The third kappa shape index (κ3) is 2.80. The molecular weight excluding hydrogens is 203 g/mol. The van der Waals surface area contributed by atoms with Crippen molar-refractivity contribution < 1.29 is 4.39 Å². The maximum absolute atomic E-state index is 13.0. The summed E-state index contributed by atoms with van der Waals surface area (Å²) in [6.45, 7) is 6.22. The fourth-order valence-corrected chi connectivity index (χ4v) is 2.23.